The minimum atomic E-state index is 0.0828. The highest BCUT2D eigenvalue weighted by Gasteiger charge is 2.32. The lowest BCUT2D eigenvalue weighted by Gasteiger charge is -2.37. The topological polar surface area (TPSA) is 51.3 Å². The standard InChI is InChI=1S/C19H21N3O2/c1-12-4-5-16-15(11-24-17(16)8-12)10-19(23)21-13(2)9-14(3)22-18(21)6-7-20-22/h4-8,11,13-14H,9-10H2,1-3H3/t13-,14-/m0/s1. The number of anilines is 1. The van der Waals surface area contributed by atoms with E-state index >= 15 is 0 Å². The van der Waals surface area contributed by atoms with Crippen molar-refractivity contribution in [3.8, 4) is 0 Å². The molecule has 124 valence electrons. The Morgan fingerprint density at radius 1 is 1.29 bits per heavy atom. The van der Waals surface area contributed by atoms with Gasteiger partial charge >= 0.3 is 0 Å². The Kier molecular flexibility index (Phi) is 3.44. The summed E-state index contributed by atoms with van der Waals surface area (Å²) in [5.74, 6) is 0.967. The zero-order chi connectivity index (χ0) is 16.8. The Labute approximate surface area is 140 Å². The van der Waals surface area contributed by atoms with Gasteiger partial charge in [0.15, 0.2) is 0 Å². The van der Waals surface area contributed by atoms with Crippen molar-refractivity contribution < 1.29 is 9.21 Å². The lowest BCUT2D eigenvalue weighted by Crippen LogP contribution is -2.45. The predicted octanol–water partition coefficient (Wildman–Crippen LogP) is 3.87. The average molecular weight is 323 g/mol. The van der Waals surface area contributed by atoms with Gasteiger partial charge in [-0.05, 0) is 38.8 Å². The summed E-state index contributed by atoms with van der Waals surface area (Å²) in [5.41, 5.74) is 2.92. The van der Waals surface area contributed by atoms with Gasteiger partial charge in [-0.2, -0.15) is 5.10 Å². The molecule has 0 bridgehead atoms. The zero-order valence-electron chi connectivity index (χ0n) is 14.2. The van der Waals surface area contributed by atoms with Crippen molar-refractivity contribution >= 4 is 22.7 Å². The molecule has 0 radical (unpaired) electrons. The lowest BCUT2D eigenvalue weighted by molar-refractivity contribution is -0.118. The number of nitrogens with zero attached hydrogens (tertiary/aromatic N) is 3. The van der Waals surface area contributed by atoms with Crippen LogP contribution in [0.1, 0.15) is 37.4 Å². The largest absolute Gasteiger partial charge is 0.464 e. The summed E-state index contributed by atoms with van der Waals surface area (Å²) in [6.45, 7) is 6.27. The molecule has 0 fully saturated rings. The maximum Gasteiger partial charge on any atom is 0.232 e. The summed E-state index contributed by atoms with van der Waals surface area (Å²) in [5, 5.41) is 5.38. The first-order valence-electron chi connectivity index (χ1n) is 8.37. The summed E-state index contributed by atoms with van der Waals surface area (Å²) in [4.78, 5) is 14.9. The maximum atomic E-state index is 13.0. The number of benzene rings is 1. The van der Waals surface area contributed by atoms with Gasteiger partial charge in [0.25, 0.3) is 0 Å². The number of carbonyl (C=O) groups is 1. The number of fused-ring (bicyclic) bond motifs is 2. The number of hydrogen-bond acceptors (Lipinski definition) is 3. The van der Waals surface area contributed by atoms with E-state index in [4.69, 9.17) is 4.42 Å². The molecule has 2 aromatic heterocycles. The quantitative estimate of drug-likeness (QED) is 0.719. The van der Waals surface area contributed by atoms with Crippen molar-refractivity contribution in [2.24, 2.45) is 0 Å². The lowest BCUT2D eigenvalue weighted by atomic mass is 10.0. The molecule has 2 atom stereocenters. The molecule has 4 rings (SSSR count). The van der Waals surface area contributed by atoms with E-state index < -0.39 is 0 Å². The molecule has 3 aromatic rings. The highest BCUT2D eigenvalue weighted by Crippen LogP contribution is 2.32. The minimum Gasteiger partial charge on any atom is -0.464 e. The number of aryl methyl sites for hydroxylation is 1. The van der Waals surface area contributed by atoms with Crippen LogP contribution in [-0.2, 0) is 11.2 Å². The van der Waals surface area contributed by atoms with E-state index in [1.54, 1.807) is 12.5 Å². The maximum absolute atomic E-state index is 13.0. The molecule has 0 N–H and O–H groups in total. The molecule has 1 aromatic carbocycles. The van der Waals surface area contributed by atoms with E-state index in [0.717, 1.165) is 34.3 Å². The Morgan fingerprint density at radius 3 is 2.96 bits per heavy atom. The van der Waals surface area contributed by atoms with Crippen LogP contribution >= 0.6 is 0 Å². The number of amides is 1. The second-order valence-corrected chi connectivity index (χ2v) is 6.77. The molecule has 5 nitrogen and oxygen atoms in total. The molecule has 3 heterocycles. The fraction of sp³-hybridized carbons (Fsp3) is 0.368. The number of rotatable bonds is 2. The summed E-state index contributed by atoms with van der Waals surface area (Å²) in [6, 6.07) is 8.48. The highest BCUT2D eigenvalue weighted by molar-refractivity contribution is 5.97. The number of aromatic nitrogens is 2. The molecule has 0 saturated heterocycles. The van der Waals surface area contributed by atoms with Gasteiger partial charge in [0, 0.05) is 23.1 Å². The van der Waals surface area contributed by atoms with Crippen molar-refractivity contribution in [3.05, 3.63) is 47.9 Å². The SMILES string of the molecule is Cc1ccc2c(CC(=O)N3c4ccnn4[C@@H](C)C[C@@H]3C)coc2c1. The van der Waals surface area contributed by atoms with Crippen LogP contribution in [0.2, 0.25) is 0 Å². The molecule has 1 aliphatic rings. The van der Waals surface area contributed by atoms with E-state index in [-0.39, 0.29) is 11.9 Å². The van der Waals surface area contributed by atoms with Crippen LogP contribution in [0.3, 0.4) is 0 Å². The Morgan fingerprint density at radius 2 is 2.12 bits per heavy atom. The van der Waals surface area contributed by atoms with Crippen LogP contribution in [0.15, 0.2) is 41.1 Å². The summed E-state index contributed by atoms with van der Waals surface area (Å²) in [6.07, 6.45) is 4.71. The number of hydrogen-bond donors (Lipinski definition) is 0. The highest BCUT2D eigenvalue weighted by atomic mass is 16.3. The van der Waals surface area contributed by atoms with E-state index in [9.17, 15) is 4.79 Å². The molecule has 24 heavy (non-hydrogen) atoms. The van der Waals surface area contributed by atoms with Crippen LogP contribution in [0, 0.1) is 6.92 Å². The molecule has 0 spiro atoms. The zero-order valence-corrected chi connectivity index (χ0v) is 14.2. The van der Waals surface area contributed by atoms with Crippen molar-refractivity contribution in [2.45, 2.75) is 45.7 Å². The smallest absolute Gasteiger partial charge is 0.232 e. The summed E-state index contributed by atoms with van der Waals surface area (Å²) >= 11 is 0. The van der Waals surface area contributed by atoms with Gasteiger partial charge in [0.05, 0.1) is 24.9 Å². The van der Waals surface area contributed by atoms with Crippen LogP contribution < -0.4 is 4.90 Å². The van der Waals surface area contributed by atoms with Crippen LogP contribution in [0.25, 0.3) is 11.0 Å². The molecule has 5 heteroatoms. The molecule has 1 amide bonds. The third-order valence-corrected chi connectivity index (χ3v) is 4.86. The average Bonchev–Trinajstić information content (AvgIpc) is 3.15. The molecule has 0 unspecified atom stereocenters. The second-order valence-electron chi connectivity index (χ2n) is 6.77. The molecule has 0 saturated carbocycles. The molecule has 1 aliphatic heterocycles. The van der Waals surface area contributed by atoms with Crippen LogP contribution in [0.5, 0.6) is 0 Å². The van der Waals surface area contributed by atoms with Gasteiger partial charge in [-0.1, -0.05) is 12.1 Å². The van der Waals surface area contributed by atoms with Crippen LogP contribution in [0.4, 0.5) is 5.82 Å². The third kappa shape index (κ3) is 2.31. The number of carbonyl (C=O) groups excluding carboxylic acids is 1. The van der Waals surface area contributed by atoms with E-state index in [1.807, 2.05) is 40.8 Å². The van der Waals surface area contributed by atoms with Gasteiger partial charge in [-0.15, -0.1) is 0 Å². The van der Waals surface area contributed by atoms with Crippen molar-refractivity contribution in [2.75, 3.05) is 4.90 Å². The fourth-order valence-corrected chi connectivity index (χ4v) is 3.71. The van der Waals surface area contributed by atoms with Gasteiger partial charge < -0.3 is 4.42 Å². The Balaban J connectivity index is 1.65. The van der Waals surface area contributed by atoms with Gasteiger partial charge in [-0.3, -0.25) is 9.69 Å². The van der Waals surface area contributed by atoms with Gasteiger partial charge in [-0.25, -0.2) is 4.68 Å². The first-order valence-corrected chi connectivity index (χ1v) is 8.37. The van der Waals surface area contributed by atoms with Gasteiger partial charge in [0.1, 0.15) is 11.4 Å². The summed E-state index contributed by atoms with van der Waals surface area (Å²) in [7, 11) is 0. The third-order valence-electron chi connectivity index (χ3n) is 4.86. The Hall–Kier alpha value is -2.56. The first kappa shape index (κ1) is 15.0. The van der Waals surface area contributed by atoms with Crippen LogP contribution in [-0.4, -0.2) is 21.7 Å². The van der Waals surface area contributed by atoms with Crippen molar-refractivity contribution in [1.82, 2.24) is 9.78 Å². The molecular formula is C19H21N3O2. The predicted molar refractivity (Wildman–Crippen MR) is 93.2 cm³/mol. The van der Waals surface area contributed by atoms with E-state index in [0.29, 0.717) is 12.5 Å². The first-order chi connectivity index (χ1) is 11.5. The van der Waals surface area contributed by atoms with Crippen molar-refractivity contribution in [3.63, 3.8) is 0 Å². The fourth-order valence-electron chi connectivity index (χ4n) is 3.71. The van der Waals surface area contributed by atoms with E-state index in [2.05, 4.69) is 18.9 Å². The monoisotopic (exact) mass is 323 g/mol. The van der Waals surface area contributed by atoms with Crippen molar-refractivity contribution in [1.29, 1.82) is 0 Å². The normalized spacial score (nSPS) is 20.4. The number of furan rings is 1. The molecule has 0 aliphatic carbocycles. The second kappa shape index (κ2) is 5.51. The summed E-state index contributed by atoms with van der Waals surface area (Å²) < 4.78 is 7.57. The Bertz CT molecular complexity index is 908. The molecular weight excluding hydrogens is 302 g/mol. The minimum absolute atomic E-state index is 0.0828. The van der Waals surface area contributed by atoms with E-state index in [1.165, 1.54) is 0 Å². The van der Waals surface area contributed by atoms with Gasteiger partial charge in [0.2, 0.25) is 5.91 Å².